The van der Waals surface area contributed by atoms with Crippen LogP contribution < -0.4 is 0 Å². The van der Waals surface area contributed by atoms with Crippen LogP contribution in [0.25, 0.3) is 11.5 Å². The molecule has 0 aliphatic carbocycles. The predicted octanol–water partition coefficient (Wildman–Crippen LogP) is 2.96. The van der Waals surface area contributed by atoms with Gasteiger partial charge in [0, 0.05) is 43.1 Å². The minimum atomic E-state index is 0.235. The van der Waals surface area contributed by atoms with Gasteiger partial charge >= 0.3 is 0 Å². The molecule has 1 amide bonds. The molecule has 1 aliphatic heterocycles. The maximum Gasteiger partial charge on any atom is 0.227 e. The van der Waals surface area contributed by atoms with Gasteiger partial charge in [-0.2, -0.15) is 0 Å². The molecular weight excluding hydrogens is 358 g/mol. The fourth-order valence-electron chi connectivity index (χ4n) is 3.67. The van der Waals surface area contributed by atoms with E-state index in [1.807, 2.05) is 46.3 Å². The lowest BCUT2D eigenvalue weighted by Gasteiger charge is -2.32. The van der Waals surface area contributed by atoms with E-state index in [4.69, 9.17) is 0 Å². The van der Waals surface area contributed by atoms with Crippen molar-refractivity contribution in [3.8, 4) is 11.5 Å². The zero-order chi connectivity index (χ0) is 18.6. The topological polar surface area (TPSA) is 63.9 Å². The summed E-state index contributed by atoms with van der Waals surface area (Å²) < 4.78 is 1.96. The third-order valence-corrected chi connectivity index (χ3v) is 5.93. The Kier molecular flexibility index (Phi) is 5.29. The number of nitrogens with zero attached hydrogens (tertiary/aromatic N) is 5. The van der Waals surface area contributed by atoms with Crippen molar-refractivity contribution in [3.63, 3.8) is 0 Å². The van der Waals surface area contributed by atoms with Crippen molar-refractivity contribution in [2.24, 2.45) is 13.0 Å². The molecule has 4 rings (SSSR count). The first kappa shape index (κ1) is 17.9. The number of piperidine rings is 1. The Balaban J connectivity index is 1.41. The van der Waals surface area contributed by atoms with Crippen LogP contribution in [0.1, 0.15) is 23.4 Å². The molecule has 140 valence electrons. The van der Waals surface area contributed by atoms with E-state index in [2.05, 4.69) is 15.0 Å². The van der Waals surface area contributed by atoms with Crippen molar-refractivity contribution in [1.29, 1.82) is 0 Å². The Morgan fingerprint density at radius 1 is 1.33 bits per heavy atom. The van der Waals surface area contributed by atoms with E-state index in [1.54, 1.807) is 23.9 Å². The Morgan fingerprint density at radius 3 is 3.04 bits per heavy atom. The van der Waals surface area contributed by atoms with E-state index in [0.717, 1.165) is 54.4 Å². The number of hydrogen-bond acceptors (Lipinski definition) is 5. The number of amides is 1. The minimum Gasteiger partial charge on any atom is -0.342 e. The largest absolute Gasteiger partial charge is 0.342 e. The fraction of sp³-hybridized carbons (Fsp3) is 0.400. The second-order valence-corrected chi connectivity index (χ2v) is 8.10. The Bertz CT molecular complexity index is 905. The van der Waals surface area contributed by atoms with E-state index < -0.39 is 0 Å². The molecule has 1 aliphatic rings. The highest BCUT2D eigenvalue weighted by Crippen LogP contribution is 2.23. The quantitative estimate of drug-likeness (QED) is 0.682. The standard InChI is InChI=1S/C20H23N5OS/c1-24-8-6-21-20(24)18-11-16(22-14-23-18)10-15-4-2-7-25(13-15)19(26)12-17-5-3-9-27-17/h3,5-6,8-9,11,14-15H,2,4,7,10,12-13H2,1H3/t15-/m0/s1. The molecule has 0 aromatic carbocycles. The lowest BCUT2D eigenvalue weighted by molar-refractivity contribution is -0.132. The smallest absolute Gasteiger partial charge is 0.227 e. The van der Waals surface area contributed by atoms with Crippen LogP contribution in [0.2, 0.25) is 0 Å². The molecule has 0 unspecified atom stereocenters. The van der Waals surface area contributed by atoms with E-state index in [-0.39, 0.29) is 5.91 Å². The first-order valence-electron chi connectivity index (χ1n) is 9.28. The lowest BCUT2D eigenvalue weighted by Crippen LogP contribution is -2.41. The Labute approximate surface area is 162 Å². The third kappa shape index (κ3) is 4.24. The monoisotopic (exact) mass is 381 g/mol. The summed E-state index contributed by atoms with van der Waals surface area (Å²) in [5, 5.41) is 2.02. The predicted molar refractivity (Wildman–Crippen MR) is 105 cm³/mol. The Morgan fingerprint density at radius 2 is 2.26 bits per heavy atom. The third-order valence-electron chi connectivity index (χ3n) is 5.05. The molecule has 3 aromatic rings. The van der Waals surface area contributed by atoms with Gasteiger partial charge in [0.25, 0.3) is 0 Å². The van der Waals surface area contributed by atoms with Crippen LogP contribution in [-0.4, -0.2) is 43.4 Å². The molecule has 0 N–H and O–H groups in total. The van der Waals surface area contributed by atoms with Gasteiger partial charge in [0.05, 0.1) is 6.42 Å². The van der Waals surface area contributed by atoms with E-state index in [0.29, 0.717) is 12.3 Å². The molecule has 0 saturated carbocycles. The molecule has 1 fully saturated rings. The summed E-state index contributed by atoms with van der Waals surface area (Å²) >= 11 is 1.65. The van der Waals surface area contributed by atoms with Crippen molar-refractivity contribution in [3.05, 3.63) is 52.9 Å². The molecule has 4 heterocycles. The van der Waals surface area contributed by atoms with Gasteiger partial charge in [0.1, 0.15) is 12.0 Å². The summed E-state index contributed by atoms with van der Waals surface area (Å²) in [5.74, 6) is 1.52. The van der Waals surface area contributed by atoms with Crippen LogP contribution >= 0.6 is 11.3 Å². The highest BCUT2D eigenvalue weighted by molar-refractivity contribution is 7.10. The fourth-order valence-corrected chi connectivity index (χ4v) is 4.37. The SMILES string of the molecule is Cn1ccnc1-c1cc(C[C@@H]2CCCN(C(=O)Cc3cccs3)C2)ncn1. The highest BCUT2D eigenvalue weighted by atomic mass is 32.1. The number of carbonyl (C=O) groups is 1. The molecule has 27 heavy (non-hydrogen) atoms. The Hall–Kier alpha value is -2.54. The van der Waals surface area contributed by atoms with Gasteiger partial charge in [-0.25, -0.2) is 15.0 Å². The first-order valence-corrected chi connectivity index (χ1v) is 10.2. The van der Waals surface area contributed by atoms with Crippen molar-refractivity contribution in [2.75, 3.05) is 13.1 Å². The maximum absolute atomic E-state index is 12.6. The summed E-state index contributed by atoms with van der Waals surface area (Å²) in [6.07, 6.45) is 8.86. The molecule has 1 saturated heterocycles. The molecular formula is C20H23N5OS. The van der Waals surface area contributed by atoms with Crippen molar-refractivity contribution >= 4 is 17.2 Å². The van der Waals surface area contributed by atoms with Gasteiger partial charge in [-0.1, -0.05) is 6.07 Å². The summed E-state index contributed by atoms with van der Waals surface area (Å²) in [6, 6.07) is 6.05. The van der Waals surface area contributed by atoms with Crippen LogP contribution in [0, 0.1) is 5.92 Å². The zero-order valence-electron chi connectivity index (χ0n) is 15.4. The van der Waals surface area contributed by atoms with Crippen LogP contribution in [0.4, 0.5) is 0 Å². The van der Waals surface area contributed by atoms with Gasteiger partial charge in [-0.15, -0.1) is 11.3 Å². The minimum absolute atomic E-state index is 0.235. The average molecular weight is 382 g/mol. The molecule has 0 radical (unpaired) electrons. The van der Waals surface area contributed by atoms with Crippen LogP contribution in [0.3, 0.4) is 0 Å². The molecule has 0 spiro atoms. The number of imidazole rings is 1. The number of rotatable bonds is 5. The normalized spacial score (nSPS) is 17.2. The van der Waals surface area contributed by atoms with Gasteiger partial charge in [0.2, 0.25) is 5.91 Å². The van der Waals surface area contributed by atoms with Gasteiger partial charge in [-0.3, -0.25) is 4.79 Å². The van der Waals surface area contributed by atoms with Crippen molar-refractivity contribution in [1.82, 2.24) is 24.4 Å². The number of aryl methyl sites for hydroxylation is 1. The van der Waals surface area contributed by atoms with Crippen LogP contribution in [0.5, 0.6) is 0 Å². The number of hydrogen-bond donors (Lipinski definition) is 0. The van der Waals surface area contributed by atoms with Crippen LogP contribution in [0.15, 0.2) is 42.3 Å². The summed E-state index contributed by atoms with van der Waals surface area (Å²) in [5.41, 5.74) is 1.86. The molecule has 0 bridgehead atoms. The molecule has 3 aromatic heterocycles. The number of carbonyl (C=O) groups excluding carboxylic acids is 1. The summed E-state index contributed by atoms with van der Waals surface area (Å²) in [4.78, 5) is 28.9. The number of aromatic nitrogens is 4. The van der Waals surface area contributed by atoms with E-state index in [1.165, 1.54) is 0 Å². The average Bonchev–Trinajstić information content (AvgIpc) is 3.34. The van der Waals surface area contributed by atoms with Gasteiger partial charge in [-0.05, 0) is 42.7 Å². The summed E-state index contributed by atoms with van der Waals surface area (Å²) in [6.45, 7) is 1.68. The molecule has 7 heteroatoms. The molecule has 1 atom stereocenters. The second kappa shape index (κ2) is 8.00. The second-order valence-electron chi connectivity index (χ2n) is 7.06. The summed E-state index contributed by atoms with van der Waals surface area (Å²) in [7, 11) is 1.96. The van der Waals surface area contributed by atoms with Crippen LogP contribution in [-0.2, 0) is 24.7 Å². The van der Waals surface area contributed by atoms with Gasteiger partial charge in [0.15, 0.2) is 5.82 Å². The van der Waals surface area contributed by atoms with E-state index >= 15 is 0 Å². The zero-order valence-corrected chi connectivity index (χ0v) is 16.2. The number of likely N-dealkylation sites (tertiary alicyclic amines) is 1. The highest BCUT2D eigenvalue weighted by Gasteiger charge is 2.24. The van der Waals surface area contributed by atoms with E-state index in [9.17, 15) is 4.79 Å². The maximum atomic E-state index is 12.6. The van der Waals surface area contributed by atoms with Crippen molar-refractivity contribution < 1.29 is 4.79 Å². The van der Waals surface area contributed by atoms with Gasteiger partial charge < -0.3 is 9.47 Å². The number of thiophene rings is 1. The lowest BCUT2D eigenvalue weighted by atomic mass is 9.93. The van der Waals surface area contributed by atoms with Crippen molar-refractivity contribution in [2.45, 2.75) is 25.7 Å². The first-order chi connectivity index (χ1) is 13.2. The molecule has 6 nitrogen and oxygen atoms in total.